The Labute approximate surface area is 210 Å². The zero-order valence-corrected chi connectivity index (χ0v) is 20.9. The Kier molecular flexibility index (Phi) is 7.27. The molecule has 1 unspecified atom stereocenters. The zero-order valence-electron chi connectivity index (χ0n) is 19.3. The van der Waals surface area contributed by atoms with Crippen molar-refractivity contribution in [3.05, 3.63) is 47.8 Å². The normalized spacial score (nSPS) is 19.8. The molecule has 2 aromatic heterocycles. The van der Waals surface area contributed by atoms with Gasteiger partial charge in [-0.05, 0) is 42.7 Å². The van der Waals surface area contributed by atoms with E-state index in [9.17, 15) is 21.6 Å². The molecule has 0 amide bonds. The summed E-state index contributed by atoms with van der Waals surface area (Å²) in [5, 5.41) is 0.640. The summed E-state index contributed by atoms with van der Waals surface area (Å²) >= 11 is 1.36. The minimum absolute atomic E-state index is 0.0197. The van der Waals surface area contributed by atoms with Crippen LogP contribution in [-0.4, -0.2) is 66.3 Å². The second kappa shape index (κ2) is 10.3. The number of alkyl halides is 3. The zero-order chi connectivity index (χ0) is 25.3. The van der Waals surface area contributed by atoms with Gasteiger partial charge in [0, 0.05) is 31.6 Å². The average molecular weight is 543 g/mol. The average Bonchev–Trinajstić information content (AvgIpc) is 3.51. The van der Waals surface area contributed by atoms with Crippen LogP contribution >= 0.6 is 11.8 Å². The van der Waals surface area contributed by atoms with Gasteiger partial charge in [0.15, 0.2) is 5.16 Å². The number of aromatic nitrogens is 3. The number of nitrogens with zero attached hydrogens (tertiary/aromatic N) is 4. The Morgan fingerprint density at radius 2 is 1.92 bits per heavy atom. The number of rotatable bonds is 7. The number of thioether (sulfide) groups is 1. The summed E-state index contributed by atoms with van der Waals surface area (Å²) in [6.07, 6.45) is -1.36. The second-order valence-electron chi connectivity index (χ2n) is 8.65. The van der Waals surface area contributed by atoms with E-state index >= 15 is 0 Å². The summed E-state index contributed by atoms with van der Waals surface area (Å²) in [6, 6.07) is 7.30. The van der Waals surface area contributed by atoms with E-state index in [2.05, 4.69) is 4.98 Å². The number of halogens is 3. The smallest absolute Gasteiger partial charge is 0.379 e. The molecule has 36 heavy (non-hydrogen) atoms. The van der Waals surface area contributed by atoms with Crippen LogP contribution in [0.25, 0.3) is 11.0 Å². The van der Waals surface area contributed by atoms with Crippen LogP contribution in [0.4, 0.5) is 13.2 Å². The fraction of sp³-hybridized carbons (Fsp3) is 0.478. The number of imidazole rings is 1. The highest BCUT2D eigenvalue weighted by atomic mass is 32.2. The minimum Gasteiger partial charge on any atom is -0.379 e. The lowest BCUT2D eigenvalue weighted by atomic mass is 10.2. The Morgan fingerprint density at radius 3 is 2.58 bits per heavy atom. The van der Waals surface area contributed by atoms with E-state index in [-0.39, 0.29) is 11.0 Å². The van der Waals surface area contributed by atoms with Crippen molar-refractivity contribution in [3.63, 3.8) is 0 Å². The van der Waals surface area contributed by atoms with Gasteiger partial charge in [0.05, 0.1) is 41.8 Å². The van der Waals surface area contributed by atoms with E-state index in [1.165, 1.54) is 28.3 Å². The third-order valence-electron chi connectivity index (χ3n) is 6.19. The first-order valence-corrected chi connectivity index (χ1v) is 14.0. The van der Waals surface area contributed by atoms with Gasteiger partial charge >= 0.3 is 6.18 Å². The third-order valence-corrected chi connectivity index (χ3v) is 9.13. The topological polar surface area (TPSA) is 86.5 Å². The standard InChI is InChI=1S/C23H25F3N4O4S2/c24-23(25,26)21-6-3-16(13-27-21)15-35-22-28-19-12-18(36(31,32)29-7-10-33-11-8-29)4-5-20(19)30(22)14-17-2-1-9-34-17/h3-6,12-13,17H,1-2,7-11,14-15H2. The van der Waals surface area contributed by atoms with Crippen molar-refractivity contribution >= 4 is 32.8 Å². The number of sulfonamides is 1. The number of benzene rings is 1. The van der Waals surface area contributed by atoms with Crippen LogP contribution in [0.3, 0.4) is 0 Å². The quantitative estimate of drug-likeness (QED) is 0.418. The Bertz CT molecular complexity index is 1320. The van der Waals surface area contributed by atoms with Crippen LogP contribution < -0.4 is 0 Å². The molecule has 194 valence electrons. The fourth-order valence-corrected chi connectivity index (χ4v) is 6.67. The highest BCUT2D eigenvalue weighted by molar-refractivity contribution is 7.98. The third kappa shape index (κ3) is 5.40. The molecular weight excluding hydrogens is 517 g/mol. The second-order valence-corrected chi connectivity index (χ2v) is 11.5. The monoisotopic (exact) mass is 542 g/mol. The maximum absolute atomic E-state index is 13.1. The van der Waals surface area contributed by atoms with E-state index in [1.807, 2.05) is 4.57 Å². The summed E-state index contributed by atoms with van der Waals surface area (Å²) in [5.74, 6) is 0.360. The SMILES string of the molecule is O=S(=O)(c1ccc2c(c1)nc(SCc1ccc(C(F)(F)F)nc1)n2CC1CCCO1)N1CCOCC1. The lowest BCUT2D eigenvalue weighted by molar-refractivity contribution is -0.141. The molecule has 1 atom stereocenters. The molecule has 2 aliphatic heterocycles. The van der Waals surface area contributed by atoms with Gasteiger partial charge in [0.1, 0.15) is 5.69 Å². The molecule has 0 radical (unpaired) electrons. The lowest BCUT2D eigenvalue weighted by Gasteiger charge is -2.26. The maximum Gasteiger partial charge on any atom is 0.433 e. The van der Waals surface area contributed by atoms with Crippen molar-refractivity contribution in [2.45, 2.75) is 47.5 Å². The van der Waals surface area contributed by atoms with E-state index in [4.69, 9.17) is 14.5 Å². The summed E-state index contributed by atoms with van der Waals surface area (Å²) in [4.78, 5) is 8.40. The number of hydrogen-bond acceptors (Lipinski definition) is 7. The van der Waals surface area contributed by atoms with Crippen molar-refractivity contribution in [3.8, 4) is 0 Å². The fourth-order valence-electron chi connectivity index (χ4n) is 4.29. The number of pyridine rings is 1. The van der Waals surface area contributed by atoms with Gasteiger partial charge in [-0.2, -0.15) is 17.5 Å². The molecule has 2 saturated heterocycles. The number of fused-ring (bicyclic) bond motifs is 1. The summed E-state index contributed by atoms with van der Waals surface area (Å²) in [7, 11) is -3.68. The molecule has 8 nitrogen and oxygen atoms in total. The highest BCUT2D eigenvalue weighted by Gasteiger charge is 2.32. The summed E-state index contributed by atoms with van der Waals surface area (Å²) in [6.45, 7) is 2.57. The van der Waals surface area contributed by atoms with Crippen molar-refractivity contribution in [2.75, 3.05) is 32.9 Å². The first-order valence-electron chi connectivity index (χ1n) is 11.6. The first kappa shape index (κ1) is 25.5. The molecule has 13 heteroatoms. The van der Waals surface area contributed by atoms with Gasteiger partial charge in [-0.1, -0.05) is 17.8 Å². The van der Waals surface area contributed by atoms with Gasteiger partial charge in [0.2, 0.25) is 10.0 Å². The highest BCUT2D eigenvalue weighted by Crippen LogP contribution is 2.32. The molecule has 2 fully saturated rings. The van der Waals surface area contributed by atoms with Gasteiger partial charge in [-0.15, -0.1) is 0 Å². The van der Waals surface area contributed by atoms with Gasteiger partial charge in [-0.3, -0.25) is 4.98 Å². The van der Waals surface area contributed by atoms with Gasteiger partial charge in [0.25, 0.3) is 0 Å². The molecule has 3 aromatic rings. The predicted molar refractivity (Wildman–Crippen MR) is 127 cm³/mol. The van der Waals surface area contributed by atoms with Crippen LogP contribution in [0.5, 0.6) is 0 Å². The molecule has 2 aliphatic rings. The first-order chi connectivity index (χ1) is 17.2. The van der Waals surface area contributed by atoms with Crippen LogP contribution in [0.1, 0.15) is 24.1 Å². The molecule has 0 spiro atoms. The van der Waals surface area contributed by atoms with Crippen molar-refractivity contribution < 1.29 is 31.1 Å². The molecular formula is C23H25F3N4O4S2. The van der Waals surface area contributed by atoms with Crippen molar-refractivity contribution in [1.29, 1.82) is 0 Å². The van der Waals surface area contributed by atoms with Crippen LogP contribution in [0.2, 0.25) is 0 Å². The minimum atomic E-state index is -4.49. The van der Waals surface area contributed by atoms with Crippen molar-refractivity contribution in [1.82, 2.24) is 18.8 Å². The molecule has 1 aromatic carbocycles. The molecule has 0 saturated carbocycles. The van der Waals surface area contributed by atoms with Gasteiger partial charge < -0.3 is 14.0 Å². The maximum atomic E-state index is 13.1. The molecule has 4 heterocycles. The van der Waals surface area contributed by atoms with E-state index in [0.717, 1.165) is 24.4 Å². The largest absolute Gasteiger partial charge is 0.433 e. The molecule has 5 rings (SSSR count). The Hall–Kier alpha value is -2.19. The predicted octanol–water partition coefficient (Wildman–Crippen LogP) is 3.94. The van der Waals surface area contributed by atoms with Gasteiger partial charge in [-0.25, -0.2) is 13.4 Å². The van der Waals surface area contributed by atoms with Crippen molar-refractivity contribution in [2.24, 2.45) is 0 Å². The Morgan fingerprint density at radius 1 is 1.11 bits per heavy atom. The number of hydrogen-bond donors (Lipinski definition) is 0. The van der Waals surface area contributed by atoms with E-state index in [0.29, 0.717) is 61.4 Å². The molecule has 0 aliphatic carbocycles. The molecule has 0 bridgehead atoms. The van der Waals surface area contributed by atoms with Crippen LogP contribution in [-0.2, 0) is 38.0 Å². The Balaban J connectivity index is 1.43. The molecule has 0 N–H and O–H groups in total. The van der Waals surface area contributed by atoms with Crippen LogP contribution in [0, 0.1) is 0 Å². The van der Waals surface area contributed by atoms with Crippen LogP contribution in [0.15, 0.2) is 46.6 Å². The number of ether oxygens (including phenoxy) is 2. The summed E-state index contributed by atoms with van der Waals surface area (Å²) in [5.41, 5.74) is 1.00. The lowest BCUT2D eigenvalue weighted by Crippen LogP contribution is -2.40. The number of morpholine rings is 1. The summed E-state index contributed by atoms with van der Waals surface area (Å²) < 4.78 is 79.2. The van der Waals surface area contributed by atoms with E-state index in [1.54, 1.807) is 18.2 Å². The van der Waals surface area contributed by atoms with E-state index < -0.39 is 21.9 Å².